The molecule has 0 unspecified atom stereocenters. The Bertz CT molecular complexity index is 1060. The van der Waals surface area contributed by atoms with Crippen LogP contribution in [-0.4, -0.2) is 25.8 Å². The first-order valence-corrected chi connectivity index (χ1v) is 9.71. The number of thioether (sulfide) groups is 1. The highest BCUT2D eigenvalue weighted by Crippen LogP contribution is 2.37. The third-order valence-corrected chi connectivity index (χ3v) is 5.40. The lowest BCUT2D eigenvalue weighted by atomic mass is 9.95. The summed E-state index contributed by atoms with van der Waals surface area (Å²) in [6.07, 6.45) is 0. The lowest BCUT2D eigenvalue weighted by Crippen LogP contribution is -2.31. The molecule has 0 radical (unpaired) electrons. The molecular formula is C20H19N5O2S. The zero-order valence-corrected chi connectivity index (χ0v) is 16.0. The first-order valence-electron chi connectivity index (χ1n) is 8.72. The Labute approximate surface area is 166 Å². The van der Waals surface area contributed by atoms with Crippen LogP contribution in [0, 0.1) is 0 Å². The van der Waals surface area contributed by atoms with E-state index in [9.17, 15) is 9.90 Å². The molecule has 1 aliphatic rings. The van der Waals surface area contributed by atoms with Crippen molar-refractivity contribution in [3.8, 4) is 5.75 Å². The average molecular weight is 393 g/mol. The van der Waals surface area contributed by atoms with Crippen LogP contribution in [0.15, 0.2) is 71.0 Å². The van der Waals surface area contributed by atoms with Gasteiger partial charge in [0.15, 0.2) is 0 Å². The number of amides is 1. The van der Waals surface area contributed by atoms with Crippen molar-refractivity contribution in [2.24, 2.45) is 5.73 Å². The van der Waals surface area contributed by atoms with Crippen LogP contribution < -0.4 is 11.1 Å². The fraction of sp³-hybridized carbons (Fsp3) is 0.150. The second kappa shape index (κ2) is 7.40. The summed E-state index contributed by atoms with van der Waals surface area (Å²) in [7, 11) is 0. The van der Waals surface area contributed by atoms with Crippen LogP contribution in [0.25, 0.3) is 0 Å². The normalized spacial score (nSPS) is 15.8. The second-order valence-corrected chi connectivity index (χ2v) is 7.40. The van der Waals surface area contributed by atoms with Crippen LogP contribution in [-0.2, 0) is 10.5 Å². The van der Waals surface area contributed by atoms with Crippen molar-refractivity contribution in [3.63, 3.8) is 0 Å². The number of fused-ring (bicyclic) bond motifs is 1. The van der Waals surface area contributed by atoms with Gasteiger partial charge in [0, 0.05) is 11.4 Å². The first-order chi connectivity index (χ1) is 13.5. The molecule has 0 saturated carbocycles. The van der Waals surface area contributed by atoms with E-state index in [1.807, 2.05) is 36.4 Å². The minimum Gasteiger partial charge on any atom is -0.508 e. The van der Waals surface area contributed by atoms with Crippen molar-refractivity contribution in [2.75, 3.05) is 5.32 Å². The minimum atomic E-state index is -0.556. The van der Waals surface area contributed by atoms with Gasteiger partial charge in [0.05, 0.1) is 5.57 Å². The topological polar surface area (TPSA) is 106 Å². The maximum absolute atomic E-state index is 12.2. The predicted octanol–water partition coefficient (Wildman–Crippen LogP) is 3.05. The van der Waals surface area contributed by atoms with Crippen molar-refractivity contribution in [1.29, 1.82) is 0 Å². The SMILES string of the molecule is CC1=C(C(N)=O)[C@@H](c2cccc(O)c2)n2nc(SCc3ccccc3)nc2N1. The fourth-order valence-corrected chi connectivity index (χ4v) is 4.02. The molecular weight excluding hydrogens is 374 g/mol. The third kappa shape index (κ3) is 3.46. The van der Waals surface area contributed by atoms with E-state index in [4.69, 9.17) is 5.73 Å². The van der Waals surface area contributed by atoms with Gasteiger partial charge in [0.25, 0.3) is 0 Å². The molecule has 2 aromatic carbocycles. The predicted molar refractivity (Wildman–Crippen MR) is 108 cm³/mol. The van der Waals surface area contributed by atoms with Crippen LogP contribution in [0.3, 0.4) is 0 Å². The van der Waals surface area contributed by atoms with Crippen molar-refractivity contribution < 1.29 is 9.90 Å². The Kier molecular flexibility index (Phi) is 4.79. The highest BCUT2D eigenvalue weighted by Gasteiger charge is 2.33. The van der Waals surface area contributed by atoms with Gasteiger partial charge in [-0.2, -0.15) is 4.98 Å². The molecule has 1 atom stereocenters. The van der Waals surface area contributed by atoms with E-state index in [1.165, 1.54) is 17.3 Å². The molecule has 8 heteroatoms. The summed E-state index contributed by atoms with van der Waals surface area (Å²) in [6, 6.07) is 16.2. The van der Waals surface area contributed by atoms with Crippen LogP contribution >= 0.6 is 11.8 Å². The number of aromatic hydroxyl groups is 1. The highest BCUT2D eigenvalue weighted by atomic mass is 32.2. The van der Waals surface area contributed by atoms with Crippen LogP contribution in [0.2, 0.25) is 0 Å². The summed E-state index contributed by atoms with van der Waals surface area (Å²) in [6.45, 7) is 1.78. The summed E-state index contributed by atoms with van der Waals surface area (Å²) in [5.74, 6) is 0.832. The number of aromatic nitrogens is 3. The van der Waals surface area contributed by atoms with Gasteiger partial charge in [-0.15, -0.1) is 5.10 Å². The number of carbonyl (C=O) groups is 1. The Morgan fingerprint density at radius 3 is 2.75 bits per heavy atom. The van der Waals surface area contributed by atoms with Gasteiger partial charge in [0.2, 0.25) is 17.0 Å². The van der Waals surface area contributed by atoms with E-state index < -0.39 is 11.9 Å². The van der Waals surface area contributed by atoms with E-state index in [1.54, 1.807) is 29.8 Å². The molecule has 142 valence electrons. The Morgan fingerprint density at radius 1 is 1.25 bits per heavy atom. The number of hydrogen-bond acceptors (Lipinski definition) is 6. The second-order valence-electron chi connectivity index (χ2n) is 6.46. The molecule has 4 rings (SSSR count). The van der Waals surface area contributed by atoms with Gasteiger partial charge in [-0.25, -0.2) is 4.68 Å². The summed E-state index contributed by atoms with van der Waals surface area (Å²) in [5, 5.41) is 18.2. The van der Waals surface area contributed by atoms with E-state index in [0.717, 1.165) is 5.75 Å². The number of carbonyl (C=O) groups excluding carboxylic acids is 1. The lowest BCUT2D eigenvalue weighted by molar-refractivity contribution is -0.115. The van der Waals surface area contributed by atoms with Crippen LogP contribution in [0.5, 0.6) is 5.75 Å². The number of benzene rings is 2. The summed E-state index contributed by atoms with van der Waals surface area (Å²) < 4.78 is 1.65. The standard InChI is InChI=1S/C20H19N5O2S/c1-12-16(18(21)27)17(14-8-5-9-15(26)10-14)25-19(22-12)23-20(24-25)28-11-13-6-3-2-4-7-13/h2-10,17,26H,11H2,1H3,(H2,21,27)(H,22,23,24)/t17-/m1/s1. The van der Waals surface area contributed by atoms with Crippen LogP contribution in [0.4, 0.5) is 5.95 Å². The quantitative estimate of drug-likeness (QED) is 0.575. The van der Waals surface area contributed by atoms with Crippen molar-refractivity contribution in [2.45, 2.75) is 23.9 Å². The van der Waals surface area contributed by atoms with Gasteiger partial charge < -0.3 is 16.2 Å². The number of hydrogen-bond donors (Lipinski definition) is 3. The molecule has 28 heavy (non-hydrogen) atoms. The minimum absolute atomic E-state index is 0.109. The molecule has 1 amide bonds. The molecule has 2 heterocycles. The molecule has 4 N–H and O–H groups in total. The van der Waals surface area contributed by atoms with E-state index in [0.29, 0.717) is 27.9 Å². The van der Waals surface area contributed by atoms with Gasteiger partial charge >= 0.3 is 0 Å². The molecule has 0 saturated heterocycles. The van der Waals surface area contributed by atoms with Crippen molar-refractivity contribution in [1.82, 2.24) is 14.8 Å². The van der Waals surface area contributed by atoms with E-state index in [2.05, 4.69) is 15.4 Å². The van der Waals surface area contributed by atoms with Gasteiger partial charge in [0.1, 0.15) is 11.8 Å². The zero-order chi connectivity index (χ0) is 19.7. The van der Waals surface area contributed by atoms with Crippen molar-refractivity contribution >= 4 is 23.6 Å². The van der Waals surface area contributed by atoms with Crippen LogP contribution in [0.1, 0.15) is 24.1 Å². The lowest BCUT2D eigenvalue weighted by Gasteiger charge is -2.27. The van der Waals surface area contributed by atoms with Gasteiger partial charge in [-0.3, -0.25) is 4.79 Å². The Hall–Kier alpha value is -3.26. The number of nitrogens with zero attached hydrogens (tertiary/aromatic N) is 3. The molecule has 1 aliphatic heterocycles. The number of phenolic OH excluding ortho intramolecular Hbond substituents is 1. The largest absolute Gasteiger partial charge is 0.508 e. The molecule has 0 aliphatic carbocycles. The van der Waals surface area contributed by atoms with Gasteiger partial charge in [-0.05, 0) is 30.2 Å². The third-order valence-electron chi connectivity index (χ3n) is 4.50. The number of nitrogens with two attached hydrogens (primary N) is 1. The molecule has 7 nitrogen and oxygen atoms in total. The number of anilines is 1. The first kappa shape index (κ1) is 18.1. The van der Waals surface area contributed by atoms with E-state index >= 15 is 0 Å². The van der Waals surface area contributed by atoms with E-state index in [-0.39, 0.29) is 5.75 Å². The molecule has 0 fully saturated rings. The maximum atomic E-state index is 12.2. The molecule has 3 aromatic rings. The summed E-state index contributed by atoms with van der Waals surface area (Å²) in [5.41, 5.74) is 8.55. The number of primary amides is 1. The highest BCUT2D eigenvalue weighted by molar-refractivity contribution is 7.98. The fourth-order valence-electron chi connectivity index (χ4n) is 3.24. The van der Waals surface area contributed by atoms with Crippen molar-refractivity contribution in [3.05, 3.63) is 77.0 Å². The Balaban J connectivity index is 1.71. The Morgan fingerprint density at radius 2 is 2.04 bits per heavy atom. The smallest absolute Gasteiger partial charge is 0.248 e. The van der Waals surface area contributed by atoms with Gasteiger partial charge in [-0.1, -0.05) is 54.2 Å². The molecule has 0 spiro atoms. The maximum Gasteiger partial charge on any atom is 0.248 e. The molecule has 1 aromatic heterocycles. The number of rotatable bonds is 5. The number of phenols is 1. The zero-order valence-electron chi connectivity index (χ0n) is 15.2. The monoisotopic (exact) mass is 393 g/mol. The molecule has 0 bridgehead atoms. The average Bonchev–Trinajstić information content (AvgIpc) is 3.08. The summed E-state index contributed by atoms with van der Waals surface area (Å²) >= 11 is 1.51. The summed E-state index contributed by atoms with van der Waals surface area (Å²) in [4.78, 5) is 16.7. The number of nitrogens with one attached hydrogen (secondary N) is 1. The number of allylic oxidation sites excluding steroid dienone is 1.